The van der Waals surface area contributed by atoms with Gasteiger partial charge in [-0.2, -0.15) is 5.10 Å². The van der Waals surface area contributed by atoms with Crippen molar-refractivity contribution >= 4 is 34.4 Å². The zero-order valence-corrected chi connectivity index (χ0v) is 21.1. The summed E-state index contributed by atoms with van der Waals surface area (Å²) in [6.07, 6.45) is 0. The van der Waals surface area contributed by atoms with E-state index in [2.05, 4.69) is 59.2 Å². The molecule has 7 rings (SSSR count). The van der Waals surface area contributed by atoms with Crippen molar-refractivity contribution < 1.29 is 4.79 Å². The summed E-state index contributed by atoms with van der Waals surface area (Å²) in [6.45, 7) is 2.55. The van der Waals surface area contributed by atoms with Crippen molar-refractivity contribution in [2.75, 3.05) is 10.2 Å². The highest BCUT2D eigenvalue weighted by Gasteiger charge is 2.44. The van der Waals surface area contributed by atoms with E-state index in [0.717, 1.165) is 55.7 Å². The van der Waals surface area contributed by atoms with Crippen LogP contribution >= 0.6 is 11.3 Å². The van der Waals surface area contributed by atoms with Crippen LogP contribution in [-0.4, -0.2) is 15.7 Å². The van der Waals surface area contributed by atoms with Crippen LogP contribution in [0.1, 0.15) is 33.2 Å². The standard InChI is InChI=1S/C31H24N4OS/c1-20-26-27-23-15-8-9-16-24(23)34(19-21-11-4-2-5-12-21)31(36)28(27)29(25-17-10-18-37-25)32-30(26)35(33-20)22-13-6-3-7-14-22/h2-18,27,32H,19H2,1H3. The minimum atomic E-state index is -0.207. The second kappa shape index (κ2) is 8.61. The van der Waals surface area contributed by atoms with Crippen LogP contribution in [0.3, 0.4) is 0 Å². The van der Waals surface area contributed by atoms with Crippen molar-refractivity contribution in [2.45, 2.75) is 19.4 Å². The lowest BCUT2D eigenvalue weighted by molar-refractivity contribution is -0.115. The summed E-state index contributed by atoms with van der Waals surface area (Å²) in [5.41, 5.74) is 7.77. The highest BCUT2D eigenvalue weighted by Crippen LogP contribution is 2.52. The zero-order valence-electron chi connectivity index (χ0n) is 20.3. The van der Waals surface area contributed by atoms with Gasteiger partial charge in [-0.3, -0.25) is 4.79 Å². The monoisotopic (exact) mass is 500 g/mol. The summed E-state index contributed by atoms with van der Waals surface area (Å²) < 4.78 is 1.97. The van der Waals surface area contributed by atoms with Gasteiger partial charge in [-0.25, -0.2) is 4.68 Å². The Hall–Kier alpha value is -4.42. The first-order chi connectivity index (χ1) is 18.2. The van der Waals surface area contributed by atoms with Crippen LogP contribution in [0.2, 0.25) is 0 Å². The molecule has 0 fully saturated rings. The molecule has 0 aliphatic carbocycles. The molecular weight excluding hydrogens is 476 g/mol. The molecule has 1 atom stereocenters. The fourth-order valence-electron chi connectivity index (χ4n) is 5.55. The number of carbonyl (C=O) groups is 1. The number of aromatic nitrogens is 2. The van der Waals surface area contributed by atoms with Crippen LogP contribution < -0.4 is 10.2 Å². The summed E-state index contributed by atoms with van der Waals surface area (Å²) in [7, 11) is 0. The molecule has 0 saturated carbocycles. The first-order valence-corrected chi connectivity index (χ1v) is 13.2. The van der Waals surface area contributed by atoms with Gasteiger partial charge in [0.15, 0.2) is 0 Å². The molecule has 5 nitrogen and oxygen atoms in total. The molecule has 2 aliphatic heterocycles. The maximum absolute atomic E-state index is 14.4. The number of aryl methyl sites for hydroxylation is 1. The van der Waals surface area contributed by atoms with Gasteiger partial charge in [-0.05, 0) is 47.7 Å². The molecule has 6 heteroatoms. The largest absolute Gasteiger partial charge is 0.338 e. The number of amides is 1. The van der Waals surface area contributed by atoms with E-state index >= 15 is 0 Å². The number of rotatable bonds is 4. The van der Waals surface area contributed by atoms with Crippen molar-refractivity contribution in [2.24, 2.45) is 0 Å². The van der Waals surface area contributed by atoms with E-state index in [1.807, 2.05) is 65.0 Å². The number of benzene rings is 3. The average molecular weight is 501 g/mol. The predicted octanol–water partition coefficient (Wildman–Crippen LogP) is 6.76. The van der Waals surface area contributed by atoms with Crippen molar-refractivity contribution in [3.63, 3.8) is 0 Å². The molecule has 0 radical (unpaired) electrons. The topological polar surface area (TPSA) is 50.2 Å². The number of hydrogen-bond donors (Lipinski definition) is 1. The van der Waals surface area contributed by atoms with E-state index < -0.39 is 0 Å². The highest BCUT2D eigenvalue weighted by atomic mass is 32.1. The van der Waals surface area contributed by atoms with Gasteiger partial charge in [0.1, 0.15) is 5.82 Å². The number of thiophene rings is 1. The smallest absolute Gasteiger partial charge is 0.257 e. The highest BCUT2D eigenvalue weighted by molar-refractivity contribution is 7.11. The number of fused-ring (bicyclic) bond motifs is 5. The summed E-state index contributed by atoms with van der Waals surface area (Å²) in [4.78, 5) is 17.4. The lowest BCUT2D eigenvalue weighted by atomic mass is 9.77. The Balaban J connectivity index is 1.48. The van der Waals surface area contributed by atoms with Crippen LogP contribution in [0.25, 0.3) is 11.4 Å². The van der Waals surface area contributed by atoms with Gasteiger partial charge >= 0.3 is 0 Å². The van der Waals surface area contributed by atoms with Gasteiger partial charge in [-0.1, -0.05) is 72.8 Å². The van der Waals surface area contributed by atoms with Crippen LogP contribution in [0.4, 0.5) is 11.5 Å². The Morgan fingerprint density at radius 3 is 2.38 bits per heavy atom. The second-order valence-corrected chi connectivity index (χ2v) is 10.3. The predicted molar refractivity (Wildman–Crippen MR) is 149 cm³/mol. The van der Waals surface area contributed by atoms with E-state index in [1.165, 1.54) is 0 Å². The van der Waals surface area contributed by atoms with E-state index in [-0.39, 0.29) is 11.8 Å². The Morgan fingerprint density at radius 1 is 0.892 bits per heavy atom. The number of para-hydroxylation sites is 2. The third kappa shape index (κ3) is 3.44. The van der Waals surface area contributed by atoms with Gasteiger partial charge in [0.2, 0.25) is 0 Å². The molecule has 0 bridgehead atoms. The number of carbonyl (C=O) groups excluding carboxylic acids is 1. The van der Waals surface area contributed by atoms with E-state index in [9.17, 15) is 4.79 Å². The first kappa shape index (κ1) is 21.8. The molecule has 1 amide bonds. The molecule has 1 N–H and O–H groups in total. The maximum atomic E-state index is 14.4. The third-order valence-electron chi connectivity index (χ3n) is 7.16. The molecule has 4 heterocycles. The van der Waals surface area contributed by atoms with Gasteiger partial charge < -0.3 is 10.2 Å². The van der Waals surface area contributed by atoms with Crippen LogP contribution in [-0.2, 0) is 11.3 Å². The van der Waals surface area contributed by atoms with Gasteiger partial charge in [0.05, 0.1) is 34.1 Å². The first-order valence-electron chi connectivity index (χ1n) is 12.4. The molecule has 180 valence electrons. The number of nitrogens with one attached hydrogen (secondary N) is 1. The van der Waals surface area contributed by atoms with Crippen molar-refractivity contribution in [3.05, 3.63) is 135 Å². The molecular formula is C31H24N4OS. The number of anilines is 2. The van der Waals surface area contributed by atoms with Gasteiger partial charge in [0.25, 0.3) is 5.91 Å². The summed E-state index contributed by atoms with van der Waals surface area (Å²) >= 11 is 1.64. The van der Waals surface area contributed by atoms with Crippen LogP contribution in [0.5, 0.6) is 0 Å². The molecule has 3 aromatic carbocycles. The fraction of sp³-hybridized carbons (Fsp3) is 0.0968. The fourth-order valence-corrected chi connectivity index (χ4v) is 6.29. The maximum Gasteiger partial charge on any atom is 0.257 e. The zero-order chi connectivity index (χ0) is 24.9. The molecule has 1 unspecified atom stereocenters. The lowest BCUT2D eigenvalue weighted by Gasteiger charge is -2.39. The minimum Gasteiger partial charge on any atom is -0.338 e. The molecule has 5 aromatic rings. The van der Waals surface area contributed by atoms with Crippen LogP contribution in [0.15, 0.2) is 108 Å². The van der Waals surface area contributed by atoms with E-state index in [0.29, 0.717) is 6.54 Å². The summed E-state index contributed by atoms with van der Waals surface area (Å²) in [5, 5.41) is 10.7. The Morgan fingerprint density at radius 2 is 1.62 bits per heavy atom. The second-order valence-electron chi connectivity index (χ2n) is 9.35. The van der Waals surface area contributed by atoms with Gasteiger partial charge in [-0.15, -0.1) is 11.3 Å². The third-order valence-corrected chi connectivity index (χ3v) is 8.05. The quantitative estimate of drug-likeness (QED) is 0.297. The normalized spacial score (nSPS) is 16.2. The molecule has 0 spiro atoms. The molecule has 2 aliphatic rings. The van der Waals surface area contributed by atoms with Crippen molar-refractivity contribution in [1.82, 2.24) is 9.78 Å². The molecule has 0 saturated heterocycles. The summed E-state index contributed by atoms with van der Waals surface area (Å²) in [5.74, 6) is 0.738. The van der Waals surface area contributed by atoms with E-state index in [4.69, 9.17) is 5.10 Å². The van der Waals surface area contributed by atoms with Crippen molar-refractivity contribution in [3.8, 4) is 5.69 Å². The Bertz CT molecular complexity index is 1650. The lowest BCUT2D eigenvalue weighted by Crippen LogP contribution is -2.41. The van der Waals surface area contributed by atoms with Gasteiger partial charge in [0, 0.05) is 17.2 Å². The summed E-state index contributed by atoms with van der Waals surface area (Å²) in [6, 6.07) is 32.7. The van der Waals surface area contributed by atoms with Crippen LogP contribution in [0, 0.1) is 6.92 Å². The average Bonchev–Trinajstić information content (AvgIpc) is 3.60. The number of hydrogen-bond acceptors (Lipinski definition) is 4. The molecule has 37 heavy (non-hydrogen) atoms. The number of nitrogens with zero attached hydrogens (tertiary/aromatic N) is 3. The van der Waals surface area contributed by atoms with E-state index in [1.54, 1.807) is 11.3 Å². The Labute approximate surface area is 219 Å². The SMILES string of the molecule is Cc1nn(-c2ccccc2)c2c1C1C(=C(c3cccs3)N2)C(=O)N(Cc2ccccc2)c2ccccc21. The minimum absolute atomic E-state index is 0.0287. The Kier molecular flexibility index (Phi) is 5.08. The van der Waals surface area contributed by atoms with Crippen molar-refractivity contribution in [1.29, 1.82) is 0 Å². The molecule has 2 aromatic heterocycles.